The second-order valence-corrected chi connectivity index (χ2v) is 4.59. The summed E-state index contributed by atoms with van der Waals surface area (Å²) in [6.45, 7) is 4.34. The number of hydrogen-bond donors (Lipinski definition) is 2. The van der Waals surface area contributed by atoms with E-state index in [2.05, 4.69) is 4.90 Å². The summed E-state index contributed by atoms with van der Waals surface area (Å²) in [4.78, 5) is 13.2. The van der Waals surface area contributed by atoms with Crippen LogP contribution in [0.25, 0.3) is 0 Å². The van der Waals surface area contributed by atoms with Gasteiger partial charge in [0.15, 0.2) is 0 Å². The van der Waals surface area contributed by atoms with Crippen molar-refractivity contribution in [2.75, 3.05) is 19.6 Å². The van der Waals surface area contributed by atoms with E-state index in [1.165, 1.54) is 0 Å². The number of hydrogen-bond acceptors (Lipinski definition) is 3. The summed E-state index contributed by atoms with van der Waals surface area (Å²) >= 11 is 0. The van der Waals surface area contributed by atoms with E-state index in [1.807, 2.05) is 0 Å². The molecule has 2 saturated heterocycles. The molecule has 14 heavy (non-hydrogen) atoms. The molecule has 0 aromatic rings. The predicted molar refractivity (Wildman–Crippen MR) is 50.9 cm³/mol. The van der Waals surface area contributed by atoms with Gasteiger partial charge in [0.05, 0.1) is 11.5 Å². The monoisotopic (exact) mass is 199 g/mol. The number of carboxylic acids is 1. The normalized spacial score (nSPS) is 43.6. The standard InChI is InChI=1S/C10H17NO3/c1-7(9(12)13)10(14)3-5-11-4-2-8(10)6-11/h7-8,14H,2-6H2,1H3,(H,12,13). The van der Waals surface area contributed by atoms with Crippen molar-refractivity contribution in [3.63, 3.8) is 0 Å². The molecule has 80 valence electrons. The van der Waals surface area contributed by atoms with Gasteiger partial charge in [-0.2, -0.15) is 0 Å². The highest BCUT2D eigenvalue weighted by molar-refractivity contribution is 5.71. The Bertz CT molecular complexity index is 256. The van der Waals surface area contributed by atoms with Crippen LogP contribution in [0.15, 0.2) is 0 Å². The Hall–Kier alpha value is -0.610. The van der Waals surface area contributed by atoms with Gasteiger partial charge in [-0.1, -0.05) is 0 Å². The molecular weight excluding hydrogens is 182 g/mol. The molecule has 2 N–H and O–H groups in total. The quantitative estimate of drug-likeness (QED) is 0.665. The molecule has 2 rings (SSSR count). The molecule has 0 amide bonds. The minimum atomic E-state index is -0.973. The van der Waals surface area contributed by atoms with E-state index in [0.717, 1.165) is 26.1 Å². The van der Waals surface area contributed by atoms with Gasteiger partial charge in [-0.3, -0.25) is 4.79 Å². The van der Waals surface area contributed by atoms with Gasteiger partial charge in [0, 0.05) is 19.0 Å². The fraction of sp³-hybridized carbons (Fsp3) is 0.900. The summed E-state index contributed by atoms with van der Waals surface area (Å²) in [5.74, 6) is -1.37. The first-order valence-electron chi connectivity index (χ1n) is 5.21. The number of aliphatic hydroxyl groups is 1. The van der Waals surface area contributed by atoms with Crippen LogP contribution in [0, 0.1) is 11.8 Å². The number of aliphatic carboxylic acids is 1. The van der Waals surface area contributed by atoms with E-state index in [9.17, 15) is 9.90 Å². The molecule has 4 heteroatoms. The summed E-state index contributed by atoms with van der Waals surface area (Å²) < 4.78 is 0. The van der Waals surface area contributed by atoms with Crippen LogP contribution in [0.1, 0.15) is 19.8 Å². The van der Waals surface area contributed by atoms with Crippen molar-refractivity contribution in [3.8, 4) is 0 Å². The van der Waals surface area contributed by atoms with Gasteiger partial charge in [0.1, 0.15) is 0 Å². The van der Waals surface area contributed by atoms with E-state index in [0.29, 0.717) is 6.42 Å². The van der Waals surface area contributed by atoms with Crippen LogP contribution in [0.3, 0.4) is 0 Å². The van der Waals surface area contributed by atoms with Crippen molar-refractivity contribution in [1.82, 2.24) is 4.90 Å². The Labute approximate surface area is 83.5 Å². The zero-order valence-corrected chi connectivity index (χ0v) is 8.44. The number of carboxylic acid groups (broad SMARTS) is 1. The third-order valence-electron chi connectivity index (χ3n) is 3.93. The van der Waals surface area contributed by atoms with Crippen LogP contribution >= 0.6 is 0 Å². The van der Waals surface area contributed by atoms with Gasteiger partial charge in [0.25, 0.3) is 0 Å². The molecule has 2 fully saturated rings. The third-order valence-corrected chi connectivity index (χ3v) is 3.93. The van der Waals surface area contributed by atoms with Crippen LogP contribution in [0.2, 0.25) is 0 Å². The van der Waals surface area contributed by atoms with Crippen LogP contribution in [0.4, 0.5) is 0 Å². The number of fused-ring (bicyclic) bond motifs is 2. The predicted octanol–water partition coefficient (Wildman–Crippen LogP) is 0.164. The van der Waals surface area contributed by atoms with Crippen LogP contribution < -0.4 is 0 Å². The minimum Gasteiger partial charge on any atom is -0.481 e. The molecule has 0 saturated carbocycles. The second kappa shape index (κ2) is 3.21. The maximum absolute atomic E-state index is 10.9. The molecule has 0 aromatic carbocycles. The molecule has 2 bridgehead atoms. The van der Waals surface area contributed by atoms with Crippen molar-refractivity contribution in [2.24, 2.45) is 11.8 Å². The lowest BCUT2D eigenvalue weighted by Crippen LogP contribution is -2.52. The average Bonchev–Trinajstić information content (AvgIpc) is 2.56. The minimum absolute atomic E-state index is 0.155. The van der Waals surface area contributed by atoms with Crippen molar-refractivity contribution in [1.29, 1.82) is 0 Å². The second-order valence-electron chi connectivity index (χ2n) is 4.59. The number of carbonyl (C=O) groups is 1. The van der Waals surface area contributed by atoms with Gasteiger partial charge < -0.3 is 15.1 Å². The molecule has 2 heterocycles. The number of piperidine rings is 1. The molecule has 0 radical (unpaired) electrons. The summed E-state index contributed by atoms with van der Waals surface area (Å²) in [6, 6.07) is 0. The van der Waals surface area contributed by atoms with E-state index < -0.39 is 17.5 Å². The third kappa shape index (κ3) is 1.33. The number of nitrogens with zero attached hydrogens (tertiary/aromatic N) is 1. The highest BCUT2D eigenvalue weighted by Crippen LogP contribution is 2.40. The van der Waals surface area contributed by atoms with E-state index in [4.69, 9.17) is 5.11 Å². The molecular formula is C10H17NO3. The molecule has 2 aliphatic rings. The summed E-state index contributed by atoms with van der Waals surface area (Å²) in [5.41, 5.74) is -0.973. The molecule has 0 aromatic heterocycles. The van der Waals surface area contributed by atoms with Crippen molar-refractivity contribution < 1.29 is 15.0 Å². The Morgan fingerprint density at radius 1 is 1.57 bits per heavy atom. The average molecular weight is 199 g/mol. The molecule has 0 spiro atoms. The smallest absolute Gasteiger partial charge is 0.309 e. The molecule has 4 atom stereocenters. The fourth-order valence-corrected chi connectivity index (χ4v) is 2.77. The Balaban J connectivity index is 2.18. The SMILES string of the molecule is CC(C(=O)O)C1(O)CCN2CCC1C2. The van der Waals surface area contributed by atoms with Crippen LogP contribution in [0.5, 0.6) is 0 Å². The summed E-state index contributed by atoms with van der Waals surface area (Å²) in [6.07, 6.45) is 1.54. The molecule has 4 nitrogen and oxygen atoms in total. The molecule has 2 aliphatic heterocycles. The lowest BCUT2D eigenvalue weighted by molar-refractivity contribution is -0.158. The van der Waals surface area contributed by atoms with Crippen molar-refractivity contribution in [3.05, 3.63) is 0 Å². The summed E-state index contributed by atoms with van der Waals surface area (Å²) in [5, 5.41) is 19.3. The highest BCUT2D eigenvalue weighted by atomic mass is 16.4. The van der Waals surface area contributed by atoms with Crippen LogP contribution in [-0.4, -0.2) is 46.3 Å². The first-order chi connectivity index (χ1) is 6.54. The van der Waals surface area contributed by atoms with Crippen molar-refractivity contribution in [2.45, 2.75) is 25.4 Å². The van der Waals surface area contributed by atoms with E-state index >= 15 is 0 Å². The topological polar surface area (TPSA) is 60.8 Å². The van der Waals surface area contributed by atoms with E-state index in [-0.39, 0.29) is 5.92 Å². The lowest BCUT2D eigenvalue weighted by Gasteiger charge is -2.41. The van der Waals surface area contributed by atoms with Gasteiger partial charge in [-0.15, -0.1) is 0 Å². The van der Waals surface area contributed by atoms with Gasteiger partial charge in [0.2, 0.25) is 0 Å². The van der Waals surface area contributed by atoms with E-state index in [1.54, 1.807) is 6.92 Å². The van der Waals surface area contributed by atoms with Crippen molar-refractivity contribution >= 4 is 5.97 Å². The van der Waals surface area contributed by atoms with Gasteiger partial charge in [-0.05, 0) is 26.3 Å². The van der Waals surface area contributed by atoms with Crippen LogP contribution in [-0.2, 0) is 4.79 Å². The maximum Gasteiger partial charge on any atom is 0.309 e. The Kier molecular flexibility index (Phi) is 2.27. The Morgan fingerprint density at radius 3 is 2.93 bits per heavy atom. The summed E-state index contributed by atoms with van der Waals surface area (Å²) in [7, 11) is 0. The zero-order chi connectivity index (χ0) is 10.3. The molecule has 4 unspecified atom stereocenters. The fourth-order valence-electron chi connectivity index (χ4n) is 2.77. The Morgan fingerprint density at radius 2 is 2.29 bits per heavy atom. The highest BCUT2D eigenvalue weighted by Gasteiger charge is 2.50. The first-order valence-corrected chi connectivity index (χ1v) is 5.21. The molecule has 0 aliphatic carbocycles. The maximum atomic E-state index is 10.9. The number of rotatable bonds is 2. The van der Waals surface area contributed by atoms with Gasteiger partial charge >= 0.3 is 5.97 Å². The lowest BCUT2D eigenvalue weighted by atomic mass is 9.74. The largest absolute Gasteiger partial charge is 0.481 e. The first kappa shape index (κ1) is 9.93. The zero-order valence-electron chi connectivity index (χ0n) is 8.44. The van der Waals surface area contributed by atoms with Gasteiger partial charge in [-0.25, -0.2) is 0 Å².